The Morgan fingerprint density at radius 2 is 1.95 bits per heavy atom. The van der Waals surface area contributed by atoms with Crippen LogP contribution in [0.15, 0.2) is 12.3 Å². The number of hydrogen-bond acceptors (Lipinski definition) is 5. The Hall–Kier alpha value is -2.09. The van der Waals surface area contributed by atoms with E-state index in [-0.39, 0.29) is 5.69 Å². The van der Waals surface area contributed by atoms with Crippen LogP contribution in [0.4, 0.5) is 14.7 Å². The number of nitrogens with one attached hydrogen (secondary N) is 1. The first-order valence-corrected chi connectivity index (χ1v) is 7.18. The van der Waals surface area contributed by atoms with Crippen molar-refractivity contribution >= 4 is 5.95 Å². The lowest BCUT2D eigenvalue weighted by Crippen LogP contribution is -2.44. The van der Waals surface area contributed by atoms with Crippen molar-refractivity contribution in [3.8, 4) is 11.3 Å². The summed E-state index contributed by atoms with van der Waals surface area (Å²) in [6.07, 6.45) is -0.838. The molecule has 0 aromatic carbocycles. The lowest BCUT2D eigenvalue weighted by atomic mass is 10.1. The largest absolute Gasteiger partial charge is 0.338 e. The van der Waals surface area contributed by atoms with Gasteiger partial charge in [0.05, 0.1) is 11.4 Å². The summed E-state index contributed by atoms with van der Waals surface area (Å²) in [5.41, 5.74) is 1.75. The van der Waals surface area contributed by atoms with Crippen LogP contribution in [0.3, 0.4) is 0 Å². The molecule has 0 atom stereocenters. The van der Waals surface area contributed by atoms with Crippen molar-refractivity contribution < 1.29 is 8.78 Å². The number of anilines is 1. The minimum atomic E-state index is -2.62. The van der Waals surface area contributed by atoms with Crippen molar-refractivity contribution in [1.29, 1.82) is 0 Å². The summed E-state index contributed by atoms with van der Waals surface area (Å²) in [5, 5.41) is 7.47. The molecule has 0 spiro atoms. The van der Waals surface area contributed by atoms with Gasteiger partial charge in [-0.1, -0.05) is 0 Å². The molecule has 0 unspecified atom stereocenters. The second-order valence-corrected chi connectivity index (χ2v) is 5.32. The molecule has 22 heavy (non-hydrogen) atoms. The molecular weight excluding hydrogens is 290 g/mol. The summed E-state index contributed by atoms with van der Waals surface area (Å²) >= 11 is 0. The van der Waals surface area contributed by atoms with Crippen molar-refractivity contribution in [2.24, 2.45) is 7.05 Å². The maximum absolute atomic E-state index is 13.2. The molecule has 0 aliphatic carbocycles. The van der Waals surface area contributed by atoms with E-state index in [1.807, 2.05) is 11.8 Å². The molecule has 6 nitrogen and oxygen atoms in total. The predicted molar refractivity (Wildman–Crippen MR) is 79.0 cm³/mol. The Morgan fingerprint density at radius 1 is 1.23 bits per heavy atom. The van der Waals surface area contributed by atoms with Gasteiger partial charge in [-0.15, -0.1) is 0 Å². The first-order chi connectivity index (χ1) is 10.5. The predicted octanol–water partition coefficient (Wildman–Crippen LogP) is 1.53. The van der Waals surface area contributed by atoms with Crippen LogP contribution in [-0.2, 0) is 7.05 Å². The monoisotopic (exact) mass is 308 g/mol. The Labute approximate surface area is 127 Å². The van der Waals surface area contributed by atoms with Gasteiger partial charge < -0.3 is 10.2 Å². The summed E-state index contributed by atoms with van der Waals surface area (Å²) in [4.78, 5) is 10.4. The van der Waals surface area contributed by atoms with Gasteiger partial charge in [0.25, 0.3) is 6.43 Å². The normalized spacial score (nSPS) is 15.6. The van der Waals surface area contributed by atoms with Crippen LogP contribution < -0.4 is 10.2 Å². The fourth-order valence-electron chi connectivity index (χ4n) is 2.56. The van der Waals surface area contributed by atoms with E-state index in [0.717, 1.165) is 24.3 Å². The highest BCUT2D eigenvalue weighted by molar-refractivity contribution is 5.63. The van der Waals surface area contributed by atoms with E-state index in [0.29, 0.717) is 24.7 Å². The van der Waals surface area contributed by atoms with E-state index in [1.165, 1.54) is 6.07 Å². The number of halogens is 2. The third kappa shape index (κ3) is 2.92. The molecule has 0 bridgehead atoms. The van der Waals surface area contributed by atoms with Crippen LogP contribution in [0, 0.1) is 6.92 Å². The standard InChI is InChI=1S/C14H18F2N6/c1-9-10(8-21(2)20-9)11-7-12(13(15)16)19-14(18-11)22-5-3-17-4-6-22/h7-8,13,17H,3-6H2,1-2H3. The fraction of sp³-hybridized carbons (Fsp3) is 0.500. The van der Waals surface area contributed by atoms with Gasteiger partial charge in [0.2, 0.25) is 5.95 Å². The molecule has 1 N–H and O–H groups in total. The van der Waals surface area contributed by atoms with Gasteiger partial charge in [-0.25, -0.2) is 18.7 Å². The highest BCUT2D eigenvalue weighted by atomic mass is 19.3. The first-order valence-electron chi connectivity index (χ1n) is 7.18. The summed E-state index contributed by atoms with van der Waals surface area (Å²) in [6.45, 7) is 4.84. The van der Waals surface area contributed by atoms with Crippen LogP contribution in [0.5, 0.6) is 0 Å². The van der Waals surface area contributed by atoms with Crippen molar-refractivity contribution in [3.05, 3.63) is 23.7 Å². The summed E-state index contributed by atoms with van der Waals surface area (Å²) in [7, 11) is 1.79. The number of piperazine rings is 1. The molecule has 0 saturated carbocycles. The number of rotatable bonds is 3. The van der Waals surface area contributed by atoms with Gasteiger partial charge in [0.15, 0.2) is 0 Å². The van der Waals surface area contributed by atoms with Crippen molar-refractivity contribution in [2.45, 2.75) is 13.3 Å². The lowest BCUT2D eigenvalue weighted by Gasteiger charge is -2.27. The molecule has 1 aliphatic heterocycles. The van der Waals surface area contributed by atoms with Gasteiger partial charge in [-0.3, -0.25) is 4.68 Å². The van der Waals surface area contributed by atoms with Crippen LogP contribution in [0.1, 0.15) is 17.8 Å². The maximum Gasteiger partial charge on any atom is 0.280 e. The zero-order valence-corrected chi connectivity index (χ0v) is 12.6. The third-order valence-electron chi connectivity index (χ3n) is 3.65. The molecule has 2 aromatic heterocycles. The molecule has 118 valence electrons. The zero-order valence-electron chi connectivity index (χ0n) is 12.6. The topological polar surface area (TPSA) is 58.9 Å². The second-order valence-electron chi connectivity index (χ2n) is 5.32. The number of aromatic nitrogens is 4. The molecule has 3 heterocycles. The molecular formula is C14H18F2N6. The molecule has 0 amide bonds. The van der Waals surface area contributed by atoms with Crippen LogP contribution >= 0.6 is 0 Å². The molecule has 1 fully saturated rings. The highest BCUT2D eigenvalue weighted by Crippen LogP contribution is 2.27. The Bertz CT molecular complexity index is 663. The number of hydrogen-bond donors (Lipinski definition) is 1. The van der Waals surface area contributed by atoms with Crippen molar-refractivity contribution in [2.75, 3.05) is 31.1 Å². The minimum Gasteiger partial charge on any atom is -0.338 e. The molecule has 0 radical (unpaired) electrons. The van der Waals surface area contributed by atoms with Gasteiger partial charge in [-0.05, 0) is 13.0 Å². The van der Waals surface area contributed by atoms with E-state index >= 15 is 0 Å². The average Bonchev–Trinajstić information content (AvgIpc) is 2.86. The van der Waals surface area contributed by atoms with Gasteiger partial charge >= 0.3 is 0 Å². The maximum atomic E-state index is 13.2. The van der Waals surface area contributed by atoms with Crippen LogP contribution in [-0.4, -0.2) is 45.9 Å². The molecule has 3 rings (SSSR count). The highest BCUT2D eigenvalue weighted by Gasteiger charge is 2.20. The van der Waals surface area contributed by atoms with Crippen LogP contribution in [0.25, 0.3) is 11.3 Å². The summed E-state index contributed by atoms with van der Waals surface area (Å²) in [6, 6.07) is 1.35. The Balaban J connectivity index is 2.05. The van der Waals surface area contributed by atoms with Gasteiger partial charge in [0, 0.05) is 45.0 Å². The van der Waals surface area contributed by atoms with Gasteiger partial charge in [-0.2, -0.15) is 5.10 Å². The quantitative estimate of drug-likeness (QED) is 0.932. The minimum absolute atomic E-state index is 0.248. The van der Waals surface area contributed by atoms with E-state index in [4.69, 9.17) is 0 Å². The SMILES string of the molecule is Cc1nn(C)cc1-c1cc(C(F)F)nc(N2CCNCC2)n1. The van der Waals surface area contributed by atoms with E-state index in [1.54, 1.807) is 17.9 Å². The second kappa shape index (κ2) is 5.96. The lowest BCUT2D eigenvalue weighted by molar-refractivity contribution is 0.146. The van der Waals surface area contributed by atoms with Gasteiger partial charge in [0.1, 0.15) is 5.69 Å². The fourth-order valence-corrected chi connectivity index (χ4v) is 2.56. The van der Waals surface area contributed by atoms with E-state index < -0.39 is 6.43 Å². The van der Waals surface area contributed by atoms with E-state index in [9.17, 15) is 8.78 Å². The zero-order chi connectivity index (χ0) is 15.7. The Morgan fingerprint density at radius 3 is 2.55 bits per heavy atom. The van der Waals surface area contributed by atoms with Crippen molar-refractivity contribution in [1.82, 2.24) is 25.1 Å². The number of nitrogens with zero attached hydrogens (tertiary/aromatic N) is 5. The van der Waals surface area contributed by atoms with Crippen LogP contribution in [0.2, 0.25) is 0 Å². The summed E-state index contributed by atoms with van der Waals surface area (Å²) < 4.78 is 28.0. The molecule has 1 aliphatic rings. The molecule has 8 heteroatoms. The number of aryl methyl sites for hydroxylation is 2. The molecule has 1 saturated heterocycles. The first kappa shape index (κ1) is 14.8. The smallest absolute Gasteiger partial charge is 0.280 e. The van der Waals surface area contributed by atoms with E-state index in [2.05, 4.69) is 20.4 Å². The number of alkyl halides is 2. The summed E-state index contributed by atoms with van der Waals surface area (Å²) in [5.74, 6) is 0.359. The van der Waals surface area contributed by atoms with Crippen molar-refractivity contribution in [3.63, 3.8) is 0 Å². The molecule has 2 aromatic rings. The average molecular weight is 308 g/mol. The Kier molecular flexibility index (Phi) is 4.02. The third-order valence-corrected chi connectivity index (χ3v) is 3.65.